The van der Waals surface area contributed by atoms with Gasteiger partial charge in [-0.05, 0) is 42.8 Å². The van der Waals surface area contributed by atoms with Crippen molar-refractivity contribution in [3.8, 4) is 11.5 Å². The molecule has 1 amide bonds. The van der Waals surface area contributed by atoms with Crippen LogP contribution in [0, 0.1) is 0 Å². The molecule has 3 rings (SSSR count). The zero-order valence-corrected chi connectivity index (χ0v) is 18.1. The van der Waals surface area contributed by atoms with Crippen molar-refractivity contribution in [2.75, 3.05) is 35.8 Å². The molecule has 0 aromatic heterocycles. The van der Waals surface area contributed by atoms with Crippen LogP contribution in [0.5, 0.6) is 11.5 Å². The molecule has 0 atom stereocenters. The average molecular weight is 448 g/mol. The second kappa shape index (κ2) is 9.69. The number of rotatable bonds is 9. The predicted octanol–water partition coefficient (Wildman–Crippen LogP) is 2.78. The molecule has 1 N–H and O–H groups in total. The highest BCUT2D eigenvalue weighted by Crippen LogP contribution is 2.36. The third kappa shape index (κ3) is 5.88. The van der Waals surface area contributed by atoms with Gasteiger partial charge >= 0.3 is 5.97 Å². The minimum absolute atomic E-state index is 0.0558. The largest absolute Gasteiger partial charge is 0.462 e. The zero-order chi connectivity index (χ0) is 22.4. The topological polar surface area (TPSA) is 111 Å². The summed E-state index contributed by atoms with van der Waals surface area (Å²) in [5.41, 5.74) is 1.08. The SMILES string of the molecule is CCCCOC(=O)c1ccc(NC(=O)CN(c2ccc3c(c2)OCO3)S(C)(=O)=O)cc1. The van der Waals surface area contributed by atoms with Gasteiger partial charge in [-0.2, -0.15) is 0 Å². The number of nitrogens with one attached hydrogen (secondary N) is 1. The number of esters is 1. The van der Waals surface area contributed by atoms with Gasteiger partial charge in [0, 0.05) is 11.8 Å². The van der Waals surface area contributed by atoms with Gasteiger partial charge in [-0.3, -0.25) is 9.10 Å². The Labute approximate surface area is 181 Å². The number of carbonyl (C=O) groups excluding carboxylic acids is 2. The molecule has 0 spiro atoms. The van der Waals surface area contributed by atoms with Crippen molar-refractivity contribution in [2.24, 2.45) is 0 Å². The molecule has 1 aliphatic rings. The van der Waals surface area contributed by atoms with Crippen LogP contribution < -0.4 is 19.1 Å². The molecule has 9 nitrogen and oxygen atoms in total. The molecule has 0 saturated heterocycles. The number of ether oxygens (including phenoxy) is 3. The van der Waals surface area contributed by atoms with Crippen molar-refractivity contribution in [2.45, 2.75) is 19.8 Å². The van der Waals surface area contributed by atoms with Crippen LogP contribution in [0.2, 0.25) is 0 Å². The van der Waals surface area contributed by atoms with Gasteiger partial charge in [-0.15, -0.1) is 0 Å². The van der Waals surface area contributed by atoms with Crippen LogP contribution >= 0.6 is 0 Å². The molecular formula is C21H24N2O7S. The molecule has 0 unspecified atom stereocenters. The lowest BCUT2D eigenvalue weighted by atomic mass is 10.2. The van der Waals surface area contributed by atoms with E-state index in [-0.39, 0.29) is 12.5 Å². The van der Waals surface area contributed by atoms with Crippen LogP contribution in [-0.2, 0) is 19.6 Å². The van der Waals surface area contributed by atoms with E-state index in [4.69, 9.17) is 14.2 Å². The number of sulfonamides is 1. The van der Waals surface area contributed by atoms with Crippen molar-refractivity contribution in [3.63, 3.8) is 0 Å². The van der Waals surface area contributed by atoms with Gasteiger partial charge in [0.2, 0.25) is 22.7 Å². The smallest absolute Gasteiger partial charge is 0.338 e. The summed E-state index contributed by atoms with van der Waals surface area (Å²) in [5.74, 6) is -0.0540. The molecule has 1 heterocycles. The molecule has 10 heteroatoms. The minimum Gasteiger partial charge on any atom is -0.462 e. The Morgan fingerprint density at radius 1 is 1.10 bits per heavy atom. The molecular weight excluding hydrogens is 424 g/mol. The Bertz CT molecular complexity index is 1050. The van der Waals surface area contributed by atoms with Gasteiger partial charge in [0.1, 0.15) is 6.54 Å². The normalized spacial score (nSPS) is 12.3. The molecule has 1 aliphatic heterocycles. The summed E-state index contributed by atoms with van der Waals surface area (Å²) in [6, 6.07) is 10.8. The number of anilines is 2. The first-order valence-electron chi connectivity index (χ1n) is 9.72. The number of benzene rings is 2. The molecule has 0 saturated carbocycles. The van der Waals surface area contributed by atoms with E-state index in [1.165, 1.54) is 18.2 Å². The summed E-state index contributed by atoms with van der Waals surface area (Å²) in [6.07, 6.45) is 2.74. The third-order valence-corrected chi connectivity index (χ3v) is 5.61. The number of nitrogens with zero attached hydrogens (tertiary/aromatic N) is 1. The van der Waals surface area contributed by atoms with Gasteiger partial charge in [0.25, 0.3) is 0 Å². The standard InChI is InChI=1S/C21H24N2O7S/c1-3-4-11-28-21(25)15-5-7-16(8-6-15)22-20(24)13-23(31(2,26)27)17-9-10-18-19(12-17)30-14-29-18/h5-10,12H,3-4,11,13-14H2,1-2H3,(H,22,24). The van der Waals surface area contributed by atoms with Crippen LogP contribution in [0.15, 0.2) is 42.5 Å². The number of amides is 1. The number of hydrogen-bond acceptors (Lipinski definition) is 7. The van der Waals surface area contributed by atoms with Crippen molar-refractivity contribution >= 4 is 33.3 Å². The van der Waals surface area contributed by atoms with Gasteiger partial charge in [0.05, 0.1) is 24.1 Å². The molecule has 0 fully saturated rings. The van der Waals surface area contributed by atoms with Gasteiger partial charge in [-0.1, -0.05) is 13.3 Å². The second-order valence-corrected chi connectivity index (χ2v) is 8.83. The van der Waals surface area contributed by atoms with E-state index in [1.54, 1.807) is 24.3 Å². The van der Waals surface area contributed by atoms with Crippen molar-refractivity contribution < 1.29 is 32.2 Å². The first-order chi connectivity index (χ1) is 14.8. The van der Waals surface area contributed by atoms with Crippen molar-refractivity contribution in [1.29, 1.82) is 0 Å². The van der Waals surface area contributed by atoms with E-state index in [9.17, 15) is 18.0 Å². The summed E-state index contributed by atoms with van der Waals surface area (Å²) in [6.45, 7) is 1.98. The lowest BCUT2D eigenvalue weighted by Crippen LogP contribution is -2.37. The van der Waals surface area contributed by atoms with E-state index in [0.717, 1.165) is 23.4 Å². The Balaban J connectivity index is 1.65. The summed E-state index contributed by atoms with van der Waals surface area (Å²) in [7, 11) is -3.74. The number of carbonyl (C=O) groups is 2. The number of unbranched alkanes of at least 4 members (excludes halogenated alkanes) is 1. The second-order valence-electron chi connectivity index (χ2n) is 6.92. The summed E-state index contributed by atoms with van der Waals surface area (Å²) < 4.78 is 41.2. The maximum Gasteiger partial charge on any atom is 0.338 e. The fourth-order valence-corrected chi connectivity index (χ4v) is 3.70. The lowest BCUT2D eigenvalue weighted by Gasteiger charge is -2.22. The highest BCUT2D eigenvalue weighted by atomic mass is 32.2. The van der Waals surface area contributed by atoms with Gasteiger partial charge < -0.3 is 19.5 Å². The summed E-state index contributed by atoms with van der Waals surface area (Å²) >= 11 is 0. The molecule has 0 radical (unpaired) electrons. The maximum atomic E-state index is 12.5. The Hall–Kier alpha value is -3.27. The minimum atomic E-state index is -3.74. The Kier molecular flexibility index (Phi) is 7.01. The van der Waals surface area contributed by atoms with Crippen molar-refractivity contribution in [1.82, 2.24) is 0 Å². The molecule has 166 valence electrons. The molecule has 0 aliphatic carbocycles. The van der Waals surface area contributed by atoms with Crippen LogP contribution in [0.25, 0.3) is 0 Å². The first kappa shape index (κ1) is 22.4. The lowest BCUT2D eigenvalue weighted by molar-refractivity contribution is -0.114. The summed E-state index contributed by atoms with van der Waals surface area (Å²) in [4.78, 5) is 24.4. The predicted molar refractivity (Wildman–Crippen MR) is 115 cm³/mol. The molecule has 31 heavy (non-hydrogen) atoms. The quantitative estimate of drug-likeness (QED) is 0.464. The fourth-order valence-electron chi connectivity index (χ4n) is 2.85. The maximum absolute atomic E-state index is 12.5. The van der Waals surface area contributed by atoms with Gasteiger partial charge in [0.15, 0.2) is 11.5 Å². The molecule has 2 aromatic rings. The number of hydrogen-bond donors (Lipinski definition) is 1. The Morgan fingerprint density at radius 2 is 1.81 bits per heavy atom. The Morgan fingerprint density at radius 3 is 2.48 bits per heavy atom. The fraction of sp³-hybridized carbons (Fsp3) is 0.333. The van der Waals surface area contributed by atoms with E-state index >= 15 is 0 Å². The van der Waals surface area contributed by atoms with E-state index in [1.807, 2.05) is 6.92 Å². The van der Waals surface area contributed by atoms with Crippen LogP contribution in [0.1, 0.15) is 30.1 Å². The highest BCUT2D eigenvalue weighted by molar-refractivity contribution is 7.92. The average Bonchev–Trinajstić information content (AvgIpc) is 3.19. The van der Waals surface area contributed by atoms with E-state index in [2.05, 4.69) is 5.32 Å². The zero-order valence-electron chi connectivity index (χ0n) is 17.3. The highest BCUT2D eigenvalue weighted by Gasteiger charge is 2.24. The summed E-state index contributed by atoms with van der Waals surface area (Å²) in [5, 5.41) is 2.63. The van der Waals surface area contributed by atoms with E-state index in [0.29, 0.717) is 29.4 Å². The van der Waals surface area contributed by atoms with Crippen LogP contribution in [-0.4, -0.2) is 46.5 Å². The molecule has 0 bridgehead atoms. The number of fused-ring (bicyclic) bond motifs is 1. The van der Waals surface area contributed by atoms with Crippen LogP contribution in [0.3, 0.4) is 0 Å². The third-order valence-electron chi connectivity index (χ3n) is 4.47. The van der Waals surface area contributed by atoms with Crippen LogP contribution in [0.4, 0.5) is 11.4 Å². The molecule has 2 aromatic carbocycles. The van der Waals surface area contributed by atoms with Gasteiger partial charge in [-0.25, -0.2) is 13.2 Å². The first-order valence-corrected chi connectivity index (χ1v) is 11.6. The monoisotopic (exact) mass is 448 g/mol. The van der Waals surface area contributed by atoms with E-state index < -0.39 is 28.4 Å². The van der Waals surface area contributed by atoms with Crippen molar-refractivity contribution in [3.05, 3.63) is 48.0 Å².